The summed E-state index contributed by atoms with van der Waals surface area (Å²) in [6.45, 7) is 0. The molecule has 3 aromatic carbocycles. The van der Waals surface area contributed by atoms with Crippen LogP contribution < -0.4 is 11.1 Å². The van der Waals surface area contributed by atoms with E-state index in [4.69, 9.17) is 5.73 Å². The molecule has 0 aliphatic carbocycles. The Balaban J connectivity index is 1.91. The van der Waals surface area contributed by atoms with Crippen LogP contribution in [0, 0.1) is 5.82 Å². The number of nitrogen functional groups attached to an aromatic ring is 1. The molecule has 0 saturated heterocycles. The Morgan fingerprint density at radius 2 is 1.71 bits per heavy atom. The molecule has 104 valence electrons. The zero-order valence-electron chi connectivity index (χ0n) is 11.1. The normalized spacial score (nSPS) is 10.5. The van der Waals surface area contributed by atoms with Crippen LogP contribution in [0.4, 0.5) is 15.8 Å². The lowest BCUT2D eigenvalue weighted by atomic mass is 10.1. The van der Waals surface area contributed by atoms with Crippen molar-refractivity contribution in [3.63, 3.8) is 0 Å². The minimum atomic E-state index is -0.446. The van der Waals surface area contributed by atoms with Gasteiger partial charge in [0.15, 0.2) is 0 Å². The number of carbonyl (C=O) groups excluding carboxylic acids is 1. The molecule has 0 radical (unpaired) electrons. The molecule has 0 aliphatic heterocycles. The third-order valence-corrected chi connectivity index (χ3v) is 3.28. The molecule has 1 amide bonds. The Morgan fingerprint density at radius 3 is 2.52 bits per heavy atom. The fraction of sp³-hybridized carbons (Fsp3) is 0. The zero-order chi connectivity index (χ0) is 14.8. The maximum atomic E-state index is 13.2. The molecule has 3 N–H and O–H groups in total. The second-order valence-electron chi connectivity index (χ2n) is 4.75. The standard InChI is InChI=1S/C17H13FN2O/c18-14-7-8-15(19)16(10-14)20-17(21)13-6-5-11-3-1-2-4-12(11)9-13/h1-10H,19H2,(H,20,21). The highest BCUT2D eigenvalue weighted by Crippen LogP contribution is 2.21. The highest BCUT2D eigenvalue weighted by Gasteiger charge is 2.09. The second-order valence-corrected chi connectivity index (χ2v) is 4.75. The maximum Gasteiger partial charge on any atom is 0.255 e. The van der Waals surface area contributed by atoms with Crippen LogP contribution in [0.5, 0.6) is 0 Å². The third-order valence-electron chi connectivity index (χ3n) is 3.28. The molecule has 0 unspecified atom stereocenters. The van der Waals surface area contributed by atoms with Crippen LogP contribution in [-0.2, 0) is 0 Å². The first-order valence-electron chi connectivity index (χ1n) is 6.49. The fourth-order valence-electron chi connectivity index (χ4n) is 2.16. The molecular formula is C17H13FN2O. The van der Waals surface area contributed by atoms with E-state index < -0.39 is 5.82 Å². The third kappa shape index (κ3) is 2.69. The van der Waals surface area contributed by atoms with Crippen molar-refractivity contribution >= 4 is 28.1 Å². The van der Waals surface area contributed by atoms with Gasteiger partial charge in [0.25, 0.3) is 5.91 Å². The number of amides is 1. The molecule has 0 heterocycles. The first-order valence-corrected chi connectivity index (χ1v) is 6.49. The molecule has 0 bridgehead atoms. The quantitative estimate of drug-likeness (QED) is 0.701. The second kappa shape index (κ2) is 5.25. The predicted octanol–water partition coefficient (Wildman–Crippen LogP) is 3.81. The van der Waals surface area contributed by atoms with E-state index in [0.717, 1.165) is 10.8 Å². The molecule has 3 rings (SSSR count). The molecule has 0 fully saturated rings. The van der Waals surface area contributed by atoms with Crippen LogP contribution in [0.3, 0.4) is 0 Å². The van der Waals surface area contributed by atoms with Crippen molar-refractivity contribution < 1.29 is 9.18 Å². The topological polar surface area (TPSA) is 55.1 Å². The summed E-state index contributed by atoms with van der Waals surface area (Å²) in [6.07, 6.45) is 0. The van der Waals surface area contributed by atoms with Crippen LogP contribution in [0.1, 0.15) is 10.4 Å². The molecule has 0 aromatic heterocycles. The summed E-state index contributed by atoms with van der Waals surface area (Å²) < 4.78 is 13.2. The van der Waals surface area contributed by atoms with E-state index in [1.54, 1.807) is 12.1 Å². The van der Waals surface area contributed by atoms with E-state index in [2.05, 4.69) is 5.32 Å². The van der Waals surface area contributed by atoms with Gasteiger partial charge in [0.05, 0.1) is 11.4 Å². The van der Waals surface area contributed by atoms with Crippen molar-refractivity contribution in [3.05, 3.63) is 72.0 Å². The molecule has 21 heavy (non-hydrogen) atoms. The van der Waals surface area contributed by atoms with E-state index in [1.165, 1.54) is 18.2 Å². The van der Waals surface area contributed by atoms with Gasteiger partial charge in [-0.25, -0.2) is 4.39 Å². The first kappa shape index (κ1) is 13.1. The average molecular weight is 280 g/mol. The largest absolute Gasteiger partial charge is 0.397 e. The van der Waals surface area contributed by atoms with Crippen LogP contribution in [0.15, 0.2) is 60.7 Å². The maximum absolute atomic E-state index is 13.2. The van der Waals surface area contributed by atoms with Crippen molar-refractivity contribution in [3.8, 4) is 0 Å². The average Bonchev–Trinajstić information content (AvgIpc) is 2.50. The number of nitrogens with two attached hydrogens (primary N) is 1. The lowest BCUT2D eigenvalue weighted by Crippen LogP contribution is -2.13. The molecule has 0 atom stereocenters. The highest BCUT2D eigenvalue weighted by molar-refractivity contribution is 6.07. The summed E-state index contributed by atoms with van der Waals surface area (Å²) in [6, 6.07) is 17.0. The van der Waals surface area contributed by atoms with Gasteiger partial charge in [-0.15, -0.1) is 0 Å². The Kier molecular flexibility index (Phi) is 3.28. The summed E-state index contributed by atoms with van der Waals surface area (Å²) in [5.74, 6) is -0.768. The Morgan fingerprint density at radius 1 is 0.952 bits per heavy atom. The number of nitrogens with one attached hydrogen (secondary N) is 1. The zero-order valence-corrected chi connectivity index (χ0v) is 11.1. The van der Waals surface area contributed by atoms with Crippen molar-refractivity contribution in [2.24, 2.45) is 0 Å². The van der Waals surface area contributed by atoms with Gasteiger partial charge in [-0.05, 0) is 41.1 Å². The molecule has 0 spiro atoms. The molecule has 0 aliphatic rings. The molecule has 0 saturated carbocycles. The van der Waals surface area contributed by atoms with Crippen LogP contribution in [-0.4, -0.2) is 5.91 Å². The number of carbonyl (C=O) groups is 1. The monoisotopic (exact) mass is 280 g/mol. The van der Waals surface area contributed by atoms with Crippen LogP contribution in [0.25, 0.3) is 10.8 Å². The summed E-state index contributed by atoms with van der Waals surface area (Å²) in [4.78, 5) is 12.2. The number of hydrogen-bond donors (Lipinski definition) is 2. The Bertz CT molecular complexity index is 830. The van der Waals surface area contributed by atoms with Gasteiger partial charge >= 0.3 is 0 Å². The van der Waals surface area contributed by atoms with Crippen LogP contribution in [0.2, 0.25) is 0 Å². The lowest BCUT2D eigenvalue weighted by Gasteiger charge is -2.09. The van der Waals surface area contributed by atoms with Gasteiger partial charge in [0.2, 0.25) is 0 Å². The molecule has 4 heteroatoms. The number of anilines is 2. The van der Waals surface area contributed by atoms with Crippen molar-refractivity contribution in [1.82, 2.24) is 0 Å². The van der Waals surface area contributed by atoms with E-state index >= 15 is 0 Å². The van der Waals surface area contributed by atoms with Crippen molar-refractivity contribution in [1.29, 1.82) is 0 Å². The molecule has 3 nitrogen and oxygen atoms in total. The first-order chi connectivity index (χ1) is 10.1. The van der Waals surface area contributed by atoms with Crippen molar-refractivity contribution in [2.45, 2.75) is 0 Å². The van der Waals surface area contributed by atoms with Crippen LogP contribution >= 0.6 is 0 Å². The number of fused-ring (bicyclic) bond motifs is 1. The van der Waals surface area contributed by atoms with Gasteiger partial charge in [-0.2, -0.15) is 0 Å². The minimum Gasteiger partial charge on any atom is -0.397 e. The van der Waals surface area contributed by atoms with Gasteiger partial charge in [-0.1, -0.05) is 30.3 Å². The van der Waals surface area contributed by atoms with Gasteiger partial charge < -0.3 is 11.1 Å². The minimum absolute atomic E-state index is 0.271. The Hall–Kier alpha value is -2.88. The Labute approximate surface area is 121 Å². The molecular weight excluding hydrogens is 267 g/mol. The number of hydrogen-bond acceptors (Lipinski definition) is 2. The van der Waals surface area contributed by atoms with E-state index in [0.29, 0.717) is 11.3 Å². The number of rotatable bonds is 2. The lowest BCUT2D eigenvalue weighted by molar-refractivity contribution is 0.102. The molecule has 3 aromatic rings. The summed E-state index contributed by atoms with van der Waals surface area (Å²) in [7, 11) is 0. The SMILES string of the molecule is Nc1ccc(F)cc1NC(=O)c1ccc2ccccc2c1. The van der Waals surface area contributed by atoms with E-state index in [1.807, 2.05) is 30.3 Å². The number of benzene rings is 3. The van der Waals surface area contributed by atoms with Gasteiger partial charge in [0, 0.05) is 5.56 Å². The van der Waals surface area contributed by atoms with Gasteiger partial charge in [0.1, 0.15) is 5.82 Å². The fourth-order valence-corrected chi connectivity index (χ4v) is 2.16. The smallest absolute Gasteiger partial charge is 0.255 e. The number of halogens is 1. The predicted molar refractivity (Wildman–Crippen MR) is 82.7 cm³/mol. The summed E-state index contributed by atoms with van der Waals surface area (Å²) in [5.41, 5.74) is 6.82. The van der Waals surface area contributed by atoms with E-state index in [9.17, 15) is 9.18 Å². The van der Waals surface area contributed by atoms with Crippen molar-refractivity contribution in [2.75, 3.05) is 11.1 Å². The highest BCUT2D eigenvalue weighted by atomic mass is 19.1. The summed E-state index contributed by atoms with van der Waals surface area (Å²) >= 11 is 0. The summed E-state index contributed by atoms with van der Waals surface area (Å²) in [5, 5.41) is 4.65. The van der Waals surface area contributed by atoms with Gasteiger partial charge in [-0.3, -0.25) is 4.79 Å². The van der Waals surface area contributed by atoms with E-state index in [-0.39, 0.29) is 11.6 Å².